The molecule has 4 heteroatoms. The molecule has 190 valence electrons. The van der Waals surface area contributed by atoms with E-state index in [1.54, 1.807) is 6.92 Å². The van der Waals surface area contributed by atoms with Gasteiger partial charge in [-0.05, 0) is 110 Å². The van der Waals surface area contributed by atoms with E-state index in [1.165, 1.54) is 44.9 Å². The van der Waals surface area contributed by atoms with Crippen LogP contribution in [-0.4, -0.2) is 34.9 Å². The minimum Gasteiger partial charge on any atom is -0.393 e. The Balaban J connectivity index is 1.39. The van der Waals surface area contributed by atoms with E-state index in [4.69, 9.17) is 0 Å². The molecule has 1 amide bonds. The molecule has 4 aliphatic carbocycles. The number of hydrogen-bond acceptors (Lipinski definition) is 3. The molecule has 0 saturated heterocycles. The Morgan fingerprint density at radius 2 is 1.70 bits per heavy atom. The third kappa shape index (κ3) is 4.77. The summed E-state index contributed by atoms with van der Waals surface area (Å²) < 4.78 is 0. The second-order valence-electron chi connectivity index (χ2n) is 13.4. The van der Waals surface area contributed by atoms with Crippen molar-refractivity contribution in [3.8, 4) is 0 Å². The largest absolute Gasteiger partial charge is 0.393 e. The zero-order valence-electron chi connectivity index (χ0n) is 22.0. The quantitative estimate of drug-likeness (QED) is 0.465. The Bertz CT molecular complexity index is 696. The summed E-state index contributed by atoms with van der Waals surface area (Å²) in [5.41, 5.74) is 0.682. The fraction of sp³-hybridized carbons (Fsp3) is 0.966. The molecule has 4 nitrogen and oxygen atoms in total. The van der Waals surface area contributed by atoms with Crippen molar-refractivity contribution in [3.63, 3.8) is 0 Å². The number of aliphatic hydroxyl groups is 2. The Kier molecular flexibility index (Phi) is 7.57. The van der Waals surface area contributed by atoms with Crippen molar-refractivity contribution < 1.29 is 15.0 Å². The molecule has 3 N–H and O–H groups in total. The molecule has 33 heavy (non-hydrogen) atoms. The summed E-state index contributed by atoms with van der Waals surface area (Å²) in [6.45, 7) is 12.1. The number of rotatable bonds is 7. The molecule has 0 spiro atoms. The first-order valence-corrected chi connectivity index (χ1v) is 14.2. The maximum Gasteiger partial charge on any atom is 0.216 e. The molecule has 4 aliphatic rings. The van der Waals surface area contributed by atoms with E-state index in [0.29, 0.717) is 35.0 Å². The summed E-state index contributed by atoms with van der Waals surface area (Å²) in [4.78, 5) is 11.2. The Hall–Kier alpha value is -0.610. The molecule has 0 aromatic heterocycles. The van der Waals surface area contributed by atoms with Crippen LogP contribution in [0.5, 0.6) is 0 Å². The standard InChI is InChI=1S/C29H51NO3/c1-18(17-30-20(3)31)7-6-8-19(2)27-26(33)16-25-23-10-9-21-15-22(32)11-13-28(21,4)24(23)12-14-29(25,27)5/h18-19,21-27,32-33H,6-17H2,1-5H3,(H,30,31)/t18-,19+,21-,22-,23+,24-,25-,26-,27-,28-,29-/m0/s1. The van der Waals surface area contributed by atoms with E-state index < -0.39 is 0 Å². The van der Waals surface area contributed by atoms with Crippen LogP contribution in [0.3, 0.4) is 0 Å². The van der Waals surface area contributed by atoms with Gasteiger partial charge >= 0.3 is 0 Å². The second-order valence-corrected chi connectivity index (χ2v) is 13.4. The molecular weight excluding hydrogens is 410 g/mol. The lowest BCUT2D eigenvalue weighted by molar-refractivity contribution is -0.130. The van der Waals surface area contributed by atoms with Gasteiger partial charge in [0.25, 0.3) is 0 Å². The molecule has 0 unspecified atom stereocenters. The predicted octanol–water partition coefficient (Wildman–Crippen LogP) is 5.56. The van der Waals surface area contributed by atoms with Gasteiger partial charge in [-0.2, -0.15) is 0 Å². The van der Waals surface area contributed by atoms with Crippen LogP contribution in [0.15, 0.2) is 0 Å². The lowest BCUT2D eigenvalue weighted by Gasteiger charge is -2.61. The highest BCUT2D eigenvalue weighted by atomic mass is 16.3. The zero-order chi connectivity index (χ0) is 24.0. The smallest absolute Gasteiger partial charge is 0.216 e. The molecule has 11 atom stereocenters. The summed E-state index contributed by atoms with van der Waals surface area (Å²) >= 11 is 0. The normalized spacial score (nSPS) is 46.6. The minimum absolute atomic E-state index is 0.0613. The summed E-state index contributed by atoms with van der Waals surface area (Å²) in [7, 11) is 0. The van der Waals surface area contributed by atoms with Gasteiger partial charge < -0.3 is 15.5 Å². The molecule has 0 heterocycles. The van der Waals surface area contributed by atoms with Gasteiger partial charge in [0.2, 0.25) is 5.91 Å². The van der Waals surface area contributed by atoms with Crippen molar-refractivity contribution in [2.45, 2.75) is 117 Å². The number of carbonyl (C=O) groups is 1. The number of nitrogens with one attached hydrogen (secondary N) is 1. The van der Waals surface area contributed by atoms with Crippen molar-refractivity contribution in [3.05, 3.63) is 0 Å². The van der Waals surface area contributed by atoms with Crippen LogP contribution in [0.2, 0.25) is 0 Å². The van der Waals surface area contributed by atoms with E-state index in [0.717, 1.165) is 44.1 Å². The summed E-state index contributed by atoms with van der Waals surface area (Å²) in [5.74, 6) is 4.48. The molecular formula is C29H51NO3. The highest BCUT2D eigenvalue weighted by molar-refractivity contribution is 5.72. The number of hydrogen-bond donors (Lipinski definition) is 3. The van der Waals surface area contributed by atoms with Gasteiger partial charge in [-0.15, -0.1) is 0 Å². The molecule has 0 radical (unpaired) electrons. The average molecular weight is 462 g/mol. The molecule has 0 bridgehead atoms. The van der Waals surface area contributed by atoms with Crippen LogP contribution in [0.4, 0.5) is 0 Å². The number of fused-ring (bicyclic) bond motifs is 5. The van der Waals surface area contributed by atoms with Gasteiger partial charge in [-0.3, -0.25) is 4.79 Å². The van der Waals surface area contributed by atoms with E-state index in [2.05, 4.69) is 33.0 Å². The van der Waals surface area contributed by atoms with Gasteiger partial charge in [-0.25, -0.2) is 0 Å². The van der Waals surface area contributed by atoms with E-state index in [9.17, 15) is 15.0 Å². The third-order valence-electron chi connectivity index (χ3n) is 11.4. The molecule has 4 fully saturated rings. The molecule has 0 aromatic rings. The SMILES string of the molecule is CC(=O)NC[C@@H](C)CCC[C@@H](C)[C@H]1[C@@H](O)C[C@H]2[C@@H]3CC[C@H]4C[C@@H](O)CC[C@]4(C)[C@H]3CC[C@]12C. The van der Waals surface area contributed by atoms with Gasteiger partial charge in [0.1, 0.15) is 0 Å². The van der Waals surface area contributed by atoms with E-state index >= 15 is 0 Å². The van der Waals surface area contributed by atoms with Crippen LogP contribution < -0.4 is 5.32 Å². The third-order valence-corrected chi connectivity index (χ3v) is 11.4. The van der Waals surface area contributed by atoms with Gasteiger partial charge in [0.05, 0.1) is 12.2 Å². The number of carbonyl (C=O) groups excluding carboxylic acids is 1. The molecule has 4 saturated carbocycles. The summed E-state index contributed by atoms with van der Waals surface area (Å²) in [6.07, 6.45) is 12.7. The fourth-order valence-electron chi connectivity index (χ4n) is 9.70. The average Bonchev–Trinajstić information content (AvgIpc) is 3.02. The fourth-order valence-corrected chi connectivity index (χ4v) is 9.70. The maximum atomic E-state index is 11.4. The minimum atomic E-state index is -0.149. The van der Waals surface area contributed by atoms with Gasteiger partial charge in [0, 0.05) is 13.5 Å². The predicted molar refractivity (Wildman–Crippen MR) is 133 cm³/mol. The van der Waals surface area contributed by atoms with Gasteiger partial charge in [-0.1, -0.05) is 40.5 Å². The zero-order valence-corrected chi connectivity index (χ0v) is 22.0. The Labute approximate surface area is 202 Å². The Morgan fingerprint density at radius 3 is 2.42 bits per heavy atom. The van der Waals surface area contributed by atoms with Crippen molar-refractivity contribution in [2.75, 3.05) is 6.54 Å². The van der Waals surface area contributed by atoms with Crippen molar-refractivity contribution >= 4 is 5.91 Å². The van der Waals surface area contributed by atoms with Crippen molar-refractivity contribution in [1.29, 1.82) is 0 Å². The van der Waals surface area contributed by atoms with Crippen LogP contribution >= 0.6 is 0 Å². The first-order chi connectivity index (χ1) is 15.6. The van der Waals surface area contributed by atoms with Crippen molar-refractivity contribution in [1.82, 2.24) is 5.32 Å². The lowest BCUT2D eigenvalue weighted by atomic mass is 9.44. The van der Waals surface area contributed by atoms with Crippen molar-refractivity contribution in [2.24, 2.45) is 52.3 Å². The van der Waals surface area contributed by atoms with E-state index in [1.807, 2.05) is 0 Å². The van der Waals surface area contributed by atoms with Crippen LogP contribution in [0.25, 0.3) is 0 Å². The van der Waals surface area contributed by atoms with Crippen LogP contribution in [0, 0.1) is 52.3 Å². The first kappa shape index (κ1) is 25.5. The first-order valence-electron chi connectivity index (χ1n) is 14.2. The monoisotopic (exact) mass is 461 g/mol. The summed E-state index contributed by atoms with van der Waals surface area (Å²) in [5, 5.41) is 24.6. The Morgan fingerprint density at radius 1 is 0.970 bits per heavy atom. The maximum absolute atomic E-state index is 11.4. The molecule has 4 rings (SSSR count). The second kappa shape index (κ2) is 9.80. The summed E-state index contributed by atoms with van der Waals surface area (Å²) in [6, 6.07) is 0. The lowest BCUT2D eigenvalue weighted by Crippen LogP contribution is -2.54. The van der Waals surface area contributed by atoms with Gasteiger partial charge in [0.15, 0.2) is 0 Å². The number of amides is 1. The number of aliphatic hydroxyl groups excluding tert-OH is 2. The molecule has 0 aromatic carbocycles. The highest BCUT2D eigenvalue weighted by Crippen LogP contribution is 2.68. The topological polar surface area (TPSA) is 69.6 Å². The van der Waals surface area contributed by atoms with E-state index in [-0.39, 0.29) is 23.5 Å². The van der Waals surface area contributed by atoms with Crippen LogP contribution in [-0.2, 0) is 4.79 Å². The van der Waals surface area contributed by atoms with Crippen LogP contribution in [0.1, 0.15) is 105 Å². The molecule has 0 aliphatic heterocycles. The highest BCUT2D eigenvalue weighted by Gasteiger charge is 2.62.